The van der Waals surface area contributed by atoms with E-state index in [4.69, 9.17) is 5.26 Å². The van der Waals surface area contributed by atoms with Crippen LogP contribution in [0.15, 0.2) is 18.2 Å². The summed E-state index contributed by atoms with van der Waals surface area (Å²) in [5, 5.41) is 8.85. The summed E-state index contributed by atoms with van der Waals surface area (Å²) in [4.78, 5) is 10.9. The first-order valence-corrected chi connectivity index (χ1v) is 4.13. The Morgan fingerprint density at radius 3 is 2.77 bits per heavy atom. The van der Waals surface area contributed by atoms with Gasteiger partial charge < -0.3 is 0 Å². The van der Waals surface area contributed by atoms with E-state index in [2.05, 4.69) is 6.07 Å². The molecule has 2 nitrogen and oxygen atoms in total. The summed E-state index contributed by atoms with van der Waals surface area (Å²) in [6.45, 7) is 3.41. The van der Waals surface area contributed by atoms with E-state index in [1.807, 2.05) is 25.1 Å². The van der Waals surface area contributed by atoms with E-state index in [-0.39, 0.29) is 5.78 Å². The maximum atomic E-state index is 10.9. The van der Waals surface area contributed by atoms with Gasteiger partial charge in [-0.15, -0.1) is 0 Å². The van der Waals surface area contributed by atoms with Crippen LogP contribution in [0.3, 0.4) is 0 Å². The van der Waals surface area contributed by atoms with Crippen LogP contribution in [0.2, 0.25) is 0 Å². The molecule has 0 N–H and O–H groups in total. The number of Topliss-reactive ketones (excluding diaryl/α,β-unsaturated/α-hetero) is 1. The molecule has 0 aromatic heterocycles. The van der Waals surface area contributed by atoms with Crippen molar-refractivity contribution in [2.45, 2.75) is 20.3 Å². The molecule has 0 saturated heterocycles. The zero-order valence-corrected chi connectivity index (χ0v) is 7.79. The molecule has 0 aliphatic carbocycles. The Hall–Kier alpha value is -1.62. The van der Waals surface area contributed by atoms with Gasteiger partial charge >= 0.3 is 0 Å². The molecule has 0 fully saturated rings. The van der Waals surface area contributed by atoms with Gasteiger partial charge in [-0.2, -0.15) is 5.26 Å². The van der Waals surface area contributed by atoms with E-state index in [0.717, 1.165) is 11.1 Å². The molecule has 0 spiro atoms. The molecule has 0 saturated carbocycles. The van der Waals surface area contributed by atoms with Crippen LogP contribution >= 0.6 is 0 Å². The number of carbonyl (C=O) groups is 1. The van der Waals surface area contributed by atoms with E-state index in [1.165, 1.54) is 6.92 Å². The lowest BCUT2D eigenvalue weighted by Crippen LogP contribution is -2.00. The molecule has 2 heteroatoms. The molecule has 1 aromatic rings. The first-order valence-electron chi connectivity index (χ1n) is 4.13. The molecule has 0 heterocycles. The Balaban J connectivity index is 3.14. The predicted octanol–water partition coefficient (Wildman–Crippen LogP) is 2.00. The van der Waals surface area contributed by atoms with Gasteiger partial charge in [0.05, 0.1) is 11.6 Å². The summed E-state index contributed by atoms with van der Waals surface area (Å²) in [7, 11) is 0. The molecular weight excluding hydrogens is 162 g/mol. The molecule has 0 radical (unpaired) electrons. The minimum Gasteiger partial charge on any atom is -0.300 e. The average Bonchev–Trinajstić information content (AvgIpc) is 2.03. The van der Waals surface area contributed by atoms with Gasteiger partial charge in [0.1, 0.15) is 5.78 Å². The molecule has 0 aliphatic rings. The maximum absolute atomic E-state index is 10.9. The predicted molar refractivity (Wildman–Crippen MR) is 50.3 cm³/mol. The lowest BCUT2D eigenvalue weighted by atomic mass is 9.99. The van der Waals surface area contributed by atoms with E-state index in [1.54, 1.807) is 0 Å². The average molecular weight is 173 g/mol. The topological polar surface area (TPSA) is 40.9 Å². The van der Waals surface area contributed by atoms with Gasteiger partial charge in [-0.3, -0.25) is 4.79 Å². The largest absolute Gasteiger partial charge is 0.300 e. The van der Waals surface area contributed by atoms with Gasteiger partial charge in [0.2, 0.25) is 0 Å². The molecule has 1 rings (SSSR count). The van der Waals surface area contributed by atoms with Crippen molar-refractivity contribution in [2.24, 2.45) is 0 Å². The minimum atomic E-state index is 0.0853. The smallest absolute Gasteiger partial charge is 0.134 e. The SMILES string of the molecule is CC(=O)Cc1cccc(C)c1C#N. The summed E-state index contributed by atoms with van der Waals surface area (Å²) in [6, 6.07) is 7.69. The lowest BCUT2D eigenvalue weighted by molar-refractivity contribution is -0.116. The quantitative estimate of drug-likeness (QED) is 0.686. The van der Waals surface area contributed by atoms with Gasteiger partial charge in [-0.1, -0.05) is 18.2 Å². The van der Waals surface area contributed by atoms with Crippen LogP contribution < -0.4 is 0 Å². The minimum absolute atomic E-state index is 0.0853. The highest BCUT2D eigenvalue weighted by Crippen LogP contribution is 2.13. The molecule has 0 aliphatic heterocycles. The van der Waals surface area contributed by atoms with Crippen molar-refractivity contribution in [3.8, 4) is 6.07 Å². The Morgan fingerprint density at radius 2 is 2.23 bits per heavy atom. The Bertz CT molecular complexity index is 374. The molecule has 13 heavy (non-hydrogen) atoms. The van der Waals surface area contributed by atoms with E-state index in [9.17, 15) is 4.79 Å². The molecule has 0 amide bonds. The van der Waals surface area contributed by atoms with E-state index >= 15 is 0 Å². The molecule has 0 unspecified atom stereocenters. The third-order valence-corrected chi connectivity index (χ3v) is 1.91. The number of carbonyl (C=O) groups excluding carboxylic acids is 1. The number of hydrogen-bond donors (Lipinski definition) is 0. The van der Waals surface area contributed by atoms with Crippen molar-refractivity contribution >= 4 is 5.78 Å². The van der Waals surface area contributed by atoms with Crippen LogP contribution in [0.5, 0.6) is 0 Å². The van der Waals surface area contributed by atoms with Gasteiger partial charge in [0, 0.05) is 6.42 Å². The maximum Gasteiger partial charge on any atom is 0.134 e. The highest BCUT2D eigenvalue weighted by molar-refractivity contribution is 5.79. The Kier molecular flexibility index (Phi) is 2.81. The summed E-state index contributed by atoms with van der Waals surface area (Å²) < 4.78 is 0. The standard InChI is InChI=1S/C11H11NO/c1-8-4-3-5-10(6-9(2)13)11(8)7-12/h3-5H,6H2,1-2H3. The Morgan fingerprint density at radius 1 is 1.54 bits per heavy atom. The fraction of sp³-hybridized carbons (Fsp3) is 0.273. The van der Waals surface area contributed by atoms with Gasteiger partial charge in [0.15, 0.2) is 0 Å². The number of benzene rings is 1. The van der Waals surface area contributed by atoms with Gasteiger partial charge in [-0.05, 0) is 25.0 Å². The fourth-order valence-corrected chi connectivity index (χ4v) is 1.30. The van der Waals surface area contributed by atoms with Gasteiger partial charge in [0.25, 0.3) is 0 Å². The highest BCUT2D eigenvalue weighted by atomic mass is 16.1. The van der Waals surface area contributed by atoms with Gasteiger partial charge in [-0.25, -0.2) is 0 Å². The third kappa shape index (κ3) is 2.16. The zero-order chi connectivity index (χ0) is 9.84. The highest BCUT2D eigenvalue weighted by Gasteiger charge is 2.05. The number of aryl methyl sites for hydroxylation is 1. The monoisotopic (exact) mass is 173 g/mol. The van der Waals surface area contributed by atoms with E-state index < -0.39 is 0 Å². The second-order valence-electron chi connectivity index (χ2n) is 3.10. The molecular formula is C11H11NO. The van der Waals surface area contributed by atoms with Crippen molar-refractivity contribution in [3.05, 3.63) is 34.9 Å². The normalized spacial score (nSPS) is 9.31. The fourth-order valence-electron chi connectivity index (χ4n) is 1.30. The van der Waals surface area contributed by atoms with Crippen LogP contribution in [0.4, 0.5) is 0 Å². The van der Waals surface area contributed by atoms with Crippen LogP contribution in [0.1, 0.15) is 23.6 Å². The first-order chi connectivity index (χ1) is 6.15. The number of nitriles is 1. The molecule has 66 valence electrons. The lowest BCUT2D eigenvalue weighted by Gasteiger charge is -2.03. The van der Waals surface area contributed by atoms with Crippen LogP contribution in [-0.4, -0.2) is 5.78 Å². The Labute approximate surface area is 77.8 Å². The molecule has 0 atom stereocenters. The number of rotatable bonds is 2. The summed E-state index contributed by atoms with van der Waals surface area (Å²) in [5.41, 5.74) is 2.40. The number of ketones is 1. The van der Waals surface area contributed by atoms with Crippen molar-refractivity contribution in [1.29, 1.82) is 5.26 Å². The summed E-state index contributed by atoms with van der Waals surface area (Å²) in [5.74, 6) is 0.0853. The van der Waals surface area contributed by atoms with Crippen LogP contribution in [0, 0.1) is 18.3 Å². The number of hydrogen-bond acceptors (Lipinski definition) is 2. The van der Waals surface area contributed by atoms with E-state index in [0.29, 0.717) is 12.0 Å². The first kappa shape index (κ1) is 9.47. The number of nitrogens with zero attached hydrogens (tertiary/aromatic N) is 1. The zero-order valence-electron chi connectivity index (χ0n) is 7.79. The molecule has 1 aromatic carbocycles. The molecule has 0 bridgehead atoms. The van der Waals surface area contributed by atoms with Crippen molar-refractivity contribution < 1.29 is 4.79 Å². The van der Waals surface area contributed by atoms with Crippen LogP contribution in [-0.2, 0) is 11.2 Å². The summed E-state index contributed by atoms with van der Waals surface area (Å²) >= 11 is 0. The van der Waals surface area contributed by atoms with Crippen molar-refractivity contribution in [2.75, 3.05) is 0 Å². The van der Waals surface area contributed by atoms with Crippen molar-refractivity contribution in [3.63, 3.8) is 0 Å². The van der Waals surface area contributed by atoms with Crippen molar-refractivity contribution in [1.82, 2.24) is 0 Å². The second kappa shape index (κ2) is 3.86. The third-order valence-electron chi connectivity index (χ3n) is 1.91. The summed E-state index contributed by atoms with van der Waals surface area (Å²) in [6.07, 6.45) is 0.352. The van der Waals surface area contributed by atoms with Crippen LogP contribution in [0.25, 0.3) is 0 Å². The second-order valence-corrected chi connectivity index (χ2v) is 3.10.